The fraction of sp³-hybridized carbons (Fsp3) is 0.625. The Morgan fingerprint density at radius 2 is 1.62 bits per heavy atom. The summed E-state index contributed by atoms with van der Waals surface area (Å²) in [6.45, 7) is 11.2. The van der Waals surface area contributed by atoms with Gasteiger partial charge >= 0.3 is 0 Å². The highest BCUT2D eigenvalue weighted by molar-refractivity contribution is 6.42. The van der Waals surface area contributed by atoms with Crippen LogP contribution in [0.3, 0.4) is 0 Å². The SMILES string of the molecule is CN1C(C)(C)CCN(c2ccc(Cl)c(Cl)c2)CC1(C)C.Cl. The molecule has 120 valence electrons. The highest BCUT2D eigenvalue weighted by Gasteiger charge is 2.39. The van der Waals surface area contributed by atoms with Gasteiger partial charge in [-0.3, -0.25) is 4.90 Å². The number of likely N-dealkylation sites (N-methyl/N-ethyl adjacent to an activating group) is 1. The summed E-state index contributed by atoms with van der Waals surface area (Å²) in [7, 11) is 2.22. The minimum Gasteiger partial charge on any atom is -0.370 e. The number of rotatable bonds is 1. The molecular formula is C16H25Cl3N2. The monoisotopic (exact) mass is 350 g/mol. The van der Waals surface area contributed by atoms with E-state index >= 15 is 0 Å². The fourth-order valence-electron chi connectivity index (χ4n) is 2.95. The van der Waals surface area contributed by atoms with Crippen molar-refractivity contribution < 1.29 is 0 Å². The summed E-state index contributed by atoms with van der Waals surface area (Å²) in [5.74, 6) is 0. The summed E-state index contributed by atoms with van der Waals surface area (Å²) in [6.07, 6.45) is 1.12. The lowest BCUT2D eigenvalue weighted by molar-refractivity contribution is 0.0590. The van der Waals surface area contributed by atoms with Crippen LogP contribution in [0.15, 0.2) is 18.2 Å². The molecule has 1 heterocycles. The van der Waals surface area contributed by atoms with E-state index in [9.17, 15) is 0 Å². The molecule has 0 aromatic heterocycles. The first-order valence-corrected chi connectivity index (χ1v) is 7.83. The van der Waals surface area contributed by atoms with Crippen LogP contribution < -0.4 is 4.90 Å². The van der Waals surface area contributed by atoms with Crippen LogP contribution in [0.2, 0.25) is 10.0 Å². The minimum absolute atomic E-state index is 0. The van der Waals surface area contributed by atoms with Crippen molar-refractivity contribution >= 4 is 41.3 Å². The maximum atomic E-state index is 6.16. The van der Waals surface area contributed by atoms with E-state index in [1.807, 2.05) is 12.1 Å². The summed E-state index contributed by atoms with van der Waals surface area (Å²) in [6, 6.07) is 5.91. The Hall–Kier alpha value is -0.150. The maximum Gasteiger partial charge on any atom is 0.0612 e. The summed E-state index contributed by atoms with van der Waals surface area (Å²) in [5, 5.41) is 1.24. The first-order chi connectivity index (χ1) is 9.13. The van der Waals surface area contributed by atoms with Gasteiger partial charge in [0.15, 0.2) is 0 Å². The van der Waals surface area contributed by atoms with Gasteiger partial charge in [-0.1, -0.05) is 23.2 Å². The zero-order chi connectivity index (χ0) is 15.1. The highest BCUT2D eigenvalue weighted by Crippen LogP contribution is 2.34. The Morgan fingerprint density at radius 3 is 2.19 bits per heavy atom. The van der Waals surface area contributed by atoms with Gasteiger partial charge in [0.1, 0.15) is 0 Å². The van der Waals surface area contributed by atoms with Crippen LogP contribution in [0, 0.1) is 0 Å². The quantitative estimate of drug-likeness (QED) is 0.693. The van der Waals surface area contributed by atoms with Gasteiger partial charge in [0, 0.05) is 29.9 Å². The molecule has 1 aromatic carbocycles. The topological polar surface area (TPSA) is 6.48 Å². The van der Waals surface area contributed by atoms with Crippen molar-refractivity contribution in [2.75, 3.05) is 25.0 Å². The molecule has 0 amide bonds. The second-order valence-electron chi connectivity index (χ2n) is 6.95. The van der Waals surface area contributed by atoms with Crippen molar-refractivity contribution in [3.8, 4) is 0 Å². The van der Waals surface area contributed by atoms with Crippen LogP contribution in [-0.2, 0) is 0 Å². The summed E-state index contributed by atoms with van der Waals surface area (Å²) in [5.41, 5.74) is 1.44. The molecule has 1 aromatic rings. The van der Waals surface area contributed by atoms with E-state index in [1.54, 1.807) is 0 Å². The van der Waals surface area contributed by atoms with Crippen LogP contribution in [0.4, 0.5) is 5.69 Å². The van der Waals surface area contributed by atoms with E-state index in [4.69, 9.17) is 23.2 Å². The van der Waals surface area contributed by atoms with E-state index in [1.165, 1.54) is 0 Å². The number of nitrogens with zero attached hydrogens (tertiary/aromatic N) is 2. The number of anilines is 1. The van der Waals surface area contributed by atoms with Gasteiger partial charge in [-0.05, 0) is 59.4 Å². The van der Waals surface area contributed by atoms with Crippen molar-refractivity contribution in [2.24, 2.45) is 0 Å². The molecule has 5 heteroatoms. The van der Waals surface area contributed by atoms with Crippen LogP contribution in [0.25, 0.3) is 0 Å². The predicted octanol–water partition coefficient (Wildman–Crippen LogP) is 5.11. The zero-order valence-corrected chi connectivity index (χ0v) is 15.7. The first kappa shape index (κ1) is 18.9. The third-order valence-electron chi connectivity index (χ3n) is 4.66. The molecule has 21 heavy (non-hydrogen) atoms. The maximum absolute atomic E-state index is 6.16. The van der Waals surface area contributed by atoms with Gasteiger partial charge in [0.05, 0.1) is 10.0 Å². The normalized spacial score (nSPS) is 21.6. The third-order valence-corrected chi connectivity index (χ3v) is 5.39. The largest absolute Gasteiger partial charge is 0.370 e. The Kier molecular flexibility index (Phi) is 5.88. The second-order valence-corrected chi connectivity index (χ2v) is 7.77. The molecule has 0 bridgehead atoms. The molecular weight excluding hydrogens is 327 g/mol. The van der Waals surface area contributed by atoms with E-state index in [2.05, 4.69) is 50.6 Å². The van der Waals surface area contributed by atoms with Crippen molar-refractivity contribution in [3.05, 3.63) is 28.2 Å². The lowest BCUT2D eigenvalue weighted by Crippen LogP contribution is -2.54. The van der Waals surface area contributed by atoms with Crippen molar-refractivity contribution in [3.63, 3.8) is 0 Å². The molecule has 0 aliphatic carbocycles. The molecule has 2 nitrogen and oxygen atoms in total. The van der Waals surface area contributed by atoms with Crippen molar-refractivity contribution in [1.29, 1.82) is 0 Å². The second kappa shape index (κ2) is 6.54. The number of benzene rings is 1. The van der Waals surface area contributed by atoms with Gasteiger partial charge in [0.25, 0.3) is 0 Å². The molecule has 1 aliphatic rings. The van der Waals surface area contributed by atoms with Crippen LogP contribution in [-0.4, -0.2) is 36.1 Å². The first-order valence-electron chi connectivity index (χ1n) is 7.07. The molecule has 0 saturated carbocycles. The molecule has 0 spiro atoms. The number of hydrogen-bond donors (Lipinski definition) is 0. The van der Waals surface area contributed by atoms with Crippen molar-refractivity contribution in [1.82, 2.24) is 4.90 Å². The Balaban J connectivity index is 0.00000220. The Labute approximate surface area is 144 Å². The average Bonchev–Trinajstić information content (AvgIpc) is 2.43. The standard InChI is InChI=1S/C16H24Cl2N2.ClH/c1-15(2)8-9-20(11-16(3,4)19(15)5)12-6-7-13(17)14(18)10-12;/h6-7,10H,8-9,11H2,1-5H3;1H. The Bertz CT molecular complexity index is 500. The zero-order valence-electron chi connectivity index (χ0n) is 13.4. The molecule has 0 radical (unpaired) electrons. The number of hydrogen-bond acceptors (Lipinski definition) is 2. The van der Waals surface area contributed by atoms with Gasteiger partial charge < -0.3 is 4.90 Å². The Morgan fingerprint density at radius 1 is 1.00 bits per heavy atom. The van der Waals surface area contributed by atoms with Gasteiger partial charge in [-0.2, -0.15) is 0 Å². The van der Waals surface area contributed by atoms with Gasteiger partial charge in [0.2, 0.25) is 0 Å². The highest BCUT2D eigenvalue weighted by atomic mass is 35.5. The summed E-state index contributed by atoms with van der Waals surface area (Å²) in [4.78, 5) is 4.89. The molecule has 1 saturated heterocycles. The van der Waals surface area contributed by atoms with Crippen LogP contribution in [0.5, 0.6) is 0 Å². The summed E-state index contributed by atoms with van der Waals surface area (Å²) < 4.78 is 0. The molecule has 0 unspecified atom stereocenters. The fourth-order valence-corrected chi connectivity index (χ4v) is 3.24. The van der Waals surface area contributed by atoms with Crippen LogP contribution in [0.1, 0.15) is 34.1 Å². The smallest absolute Gasteiger partial charge is 0.0612 e. The molecule has 0 N–H and O–H groups in total. The van der Waals surface area contributed by atoms with E-state index in [-0.39, 0.29) is 23.5 Å². The van der Waals surface area contributed by atoms with E-state index < -0.39 is 0 Å². The molecule has 1 fully saturated rings. The lowest BCUT2D eigenvalue weighted by atomic mass is 9.93. The molecule has 0 atom stereocenters. The predicted molar refractivity (Wildman–Crippen MR) is 96.5 cm³/mol. The van der Waals surface area contributed by atoms with E-state index in [0.29, 0.717) is 10.0 Å². The van der Waals surface area contributed by atoms with Crippen LogP contribution >= 0.6 is 35.6 Å². The lowest BCUT2D eigenvalue weighted by Gasteiger charge is -2.44. The average molecular weight is 352 g/mol. The molecule has 2 rings (SSSR count). The minimum atomic E-state index is 0. The molecule has 1 aliphatic heterocycles. The number of halogens is 3. The van der Waals surface area contributed by atoms with Crippen molar-refractivity contribution in [2.45, 2.75) is 45.2 Å². The van der Waals surface area contributed by atoms with Gasteiger partial charge in [-0.15, -0.1) is 12.4 Å². The summed E-state index contributed by atoms with van der Waals surface area (Å²) >= 11 is 12.2. The van der Waals surface area contributed by atoms with E-state index in [0.717, 1.165) is 25.2 Å². The van der Waals surface area contributed by atoms with Gasteiger partial charge in [-0.25, -0.2) is 0 Å². The third kappa shape index (κ3) is 3.98.